The molecular formula is C15H15ClF3N3O2. The van der Waals surface area contributed by atoms with Gasteiger partial charge in [-0.1, -0.05) is 11.6 Å². The van der Waals surface area contributed by atoms with Crippen LogP contribution in [0.1, 0.15) is 29.9 Å². The second-order valence-corrected chi connectivity index (χ2v) is 5.74. The van der Waals surface area contributed by atoms with E-state index >= 15 is 0 Å². The number of hydrogen-bond acceptors (Lipinski definition) is 3. The average Bonchev–Trinajstić information content (AvgIpc) is 2.84. The highest BCUT2D eigenvalue weighted by molar-refractivity contribution is 6.32. The number of halogens is 4. The summed E-state index contributed by atoms with van der Waals surface area (Å²) in [6.45, 7) is 3.65. The lowest BCUT2D eigenvalue weighted by atomic mass is 10.2. The van der Waals surface area contributed by atoms with Gasteiger partial charge in [0.15, 0.2) is 5.69 Å². The van der Waals surface area contributed by atoms with Crippen LogP contribution in [0, 0.1) is 0 Å². The lowest BCUT2D eigenvalue weighted by Gasteiger charge is -2.13. The molecule has 130 valence electrons. The van der Waals surface area contributed by atoms with Gasteiger partial charge in [-0.05, 0) is 32.0 Å². The van der Waals surface area contributed by atoms with Gasteiger partial charge in [0.2, 0.25) is 0 Å². The monoisotopic (exact) mass is 361 g/mol. The molecule has 0 aliphatic heterocycles. The molecule has 1 aromatic heterocycles. The molecule has 9 heteroatoms. The number of amides is 1. The summed E-state index contributed by atoms with van der Waals surface area (Å²) < 4.78 is 45.1. The van der Waals surface area contributed by atoms with Crippen LogP contribution >= 0.6 is 11.6 Å². The minimum absolute atomic E-state index is 0.0901. The standard InChI is InChI=1S/C15H15ClF3N3O2/c1-8(2)24-12-5-4-9(6-11(12)16)20-14(23)10-7-22(3)21-13(10)15(17,18)19/h4-8H,1-3H3,(H,20,23). The molecule has 1 heterocycles. The summed E-state index contributed by atoms with van der Waals surface area (Å²) in [5, 5.41) is 5.91. The second kappa shape index (κ2) is 6.72. The number of carbonyl (C=O) groups is 1. The van der Waals surface area contributed by atoms with Gasteiger partial charge < -0.3 is 10.1 Å². The maximum absolute atomic E-state index is 12.9. The highest BCUT2D eigenvalue weighted by Crippen LogP contribution is 2.32. The zero-order valence-corrected chi connectivity index (χ0v) is 13.9. The quantitative estimate of drug-likeness (QED) is 0.890. The average molecular weight is 362 g/mol. The number of nitrogens with zero attached hydrogens (tertiary/aromatic N) is 2. The van der Waals surface area contributed by atoms with Crippen molar-refractivity contribution in [1.29, 1.82) is 0 Å². The van der Waals surface area contributed by atoms with Crippen molar-refractivity contribution in [3.8, 4) is 5.75 Å². The van der Waals surface area contributed by atoms with Crippen LogP contribution in [0.5, 0.6) is 5.75 Å². The molecule has 2 aromatic rings. The van der Waals surface area contributed by atoms with E-state index in [9.17, 15) is 18.0 Å². The molecule has 0 fully saturated rings. The van der Waals surface area contributed by atoms with Crippen LogP contribution in [-0.2, 0) is 13.2 Å². The van der Waals surface area contributed by atoms with E-state index in [0.29, 0.717) is 5.75 Å². The molecular weight excluding hydrogens is 347 g/mol. The number of aryl methyl sites for hydroxylation is 1. The van der Waals surface area contributed by atoms with E-state index in [4.69, 9.17) is 16.3 Å². The third-order valence-corrected chi connectivity index (χ3v) is 3.19. The zero-order chi connectivity index (χ0) is 18.1. The number of ether oxygens (including phenoxy) is 1. The first-order chi connectivity index (χ1) is 11.1. The molecule has 2 rings (SSSR count). The van der Waals surface area contributed by atoms with Crippen molar-refractivity contribution in [3.05, 3.63) is 40.7 Å². The van der Waals surface area contributed by atoms with Crippen LogP contribution in [-0.4, -0.2) is 21.8 Å². The van der Waals surface area contributed by atoms with Crippen molar-refractivity contribution in [1.82, 2.24) is 9.78 Å². The summed E-state index contributed by atoms with van der Waals surface area (Å²) in [4.78, 5) is 12.1. The number of benzene rings is 1. The predicted molar refractivity (Wildman–Crippen MR) is 83.4 cm³/mol. The Hall–Kier alpha value is -2.22. The fraction of sp³-hybridized carbons (Fsp3) is 0.333. The number of rotatable bonds is 4. The van der Waals surface area contributed by atoms with Gasteiger partial charge in [-0.15, -0.1) is 0 Å². The van der Waals surface area contributed by atoms with Gasteiger partial charge in [-0.2, -0.15) is 18.3 Å². The Morgan fingerprint density at radius 1 is 1.38 bits per heavy atom. The number of aromatic nitrogens is 2. The summed E-state index contributed by atoms with van der Waals surface area (Å²) >= 11 is 6.04. The van der Waals surface area contributed by atoms with Gasteiger partial charge in [-0.25, -0.2) is 0 Å². The van der Waals surface area contributed by atoms with Crippen LogP contribution < -0.4 is 10.1 Å². The van der Waals surface area contributed by atoms with Gasteiger partial charge in [0.1, 0.15) is 5.75 Å². The van der Waals surface area contributed by atoms with E-state index in [1.54, 1.807) is 0 Å². The van der Waals surface area contributed by atoms with E-state index in [1.807, 2.05) is 13.8 Å². The van der Waals surface area contributed by atoms with Crippen LogP contribution in [0.15, 0.2) is 24.4 Å². The molecule has 1 amide bonds. The molecule has 0 spiro atoms. The fourth-order valence-electron chi connectivity index (χ4n) is 1.99. The third kappa shape index (κ3) is 4.19. The fourth-order valence-corrected chi connectivity index (χ4v) is 2.22. The molecule has 0 bridgehead atoms. The lowest BCUT2D eigenvalue weighted by molar-refractivity contribution is -0.141. The molecule has 1 aromatic carbocycles. The minimum Gasteiger partial charge on any atom is -0.489 e. The molecule has 5 nitrogen and oxygen atoms in total. The van der Waals surface area contributed by atoms with Gasteiger partial charge in [0.25, 0.3) is 5.91 Å². The summed E-state index contributed by atoms with van der Waals surface area (Å²) in [7, 11) is 1.31. The molecule has 24 heavy (non-hydrogen) atoms. The second-order valence-electron chi connectivity index (χ2n) is 5.33. The van der Waals surface area contributed by atoms with Crippen LogP contribution in [0.4, 0.5) is 18.9 Å². The molecule has 0 saturated heterocycles. The van der Waals surface area contributed by atoms with Gasteiger partial charge in [0.05, 0.1) is 16.7 Å². The molecule has 0 atom stereocenters. The molecule has 0 aliphatic rings. The third-order valence-electron chi connectivity index (χ3n) is 2.89. The molecule has 1 N–H and O–H groups in total. The first-order valence-corrected chi connectivity index (χ1v) is 7.34. The van der Waals surface area contributed by atoms with E-state index < -0.39 is 23.3 Å². The normalized spacial score (nSPS) is 11.7. The summed E-state index contributed by atoms with van der Waals surface area (Å²) in [6, 6.07) is 4.43. The first-order valence-electron chi connectivity index (χ1n) is 6.96. The van der Waals surface area contributed by atoms with Crippen molar-refractivity contribution in [3.63, 3.8) is 0 Å². The highest BCUT2D eigenvalue weighted by atomic mass is 35.5. The Labute approximate surface area is 141 Å². The number of nitrogens with one attached hydrogen (secondary N) is 1. The van der Waals surface area contributed by atoms with Gasteiger partial charge in [-0.3, -0.25) is 9.48 Å². The number of carbonyl (C=O) groups excluding carboxylic acids is 1. The summed E-state index contributed by atoms with van der Waals surface area (Å²) in [5.41, 5.74) is -1.56. The summed E-state index contributed by atoms with van der Waals surface area (Å²) in [5.74, 6) is -0.508. The van der Waals surface area contributed by atoms with Crippen molar-refractivity contribution in [2.24, 2.45) is 7.05 Å². The van der Waals surface area contributed by atoms with E-state index in [0.717, 1.165) is 10.9 Å². The summed E-state index contributed by atoms with van der Waals surface area (Å²) in [6.07, 6.45) is -3.80. The number of hydrogen-bond donors (Lipinski definition) is 1. The number of alkyl halides is 3. The molecule has 0 unspecified atom stereocenters. The lowest BCUT2D eigenvalue weighted by Crippen LogP contribution is -2.17. The Bertz CT molecular complexity index is 757. The Morgan fingerprint density at radius 3 is 2.58 bits per heavy atom. The maximum atomic E-state index is 12.9. The first kappa shape index (κ1) is 18.1. The van der Waals surface area contributed by atoms with Crippen LogP contribution in [0.2, 0.25) is 5.02 Å². The maximum Gasteiger partial charge on any atom is 0.435 e. The Kier molecular flexibility index (Phi) is 5.08. The van der Waals surface area contributed by atoms with E-state index in [-0.39, 0.29) is 16.8 Å². The van der Waals surface area contributed by atoms with Crippen molar-refractivity contribution in [2.45, 2.75) is 26.1 Å². The SMILES string of the molecule is CC(C)Oc1ccc(NC(=O)c2cn(C)nc2C(F)(F)F)cc1Cl. The van der Waals surface area contributed by atoms with Crippen LogP contribution in [0.3, 0.4) is 0 Å². The largest absolute Gasteiger partial charge is 0.489 e. The molecule has 0 radical (unpaired) electrons. The van der Waals surface area contributed by atoms with Crippen molar-refractivity contribution in [2.75, 3.05) is 5.32 Å². The number of anilines is 1. The predicted octanol–water partition coefficient (Wildman–Crippen LogP) is 4.13. The zero-order valence-electron chi connectivity index (χ0n) is 13.1. The Morgan fingerprint density at radius 2 is 2.04 bits per heavy atom. The molecule has 0 saturated carbocycles. The van der Waals surface area contributed by atoms with E-state index in [2.05, 4.69) is 10.4 Å². The van der Waals surface area contributed by atoms with Crippen molar-refractivity contribution >= 4 is 23.2 Å². The Balaban J connectivity index is 2.23. The van der Waals surface area contributed by atoms with E-state index in [1.165, 1.54) is 25.2 Å². The van der Waals surface area contributed by atoms with Crippen LogP contribution in [0.25, 0.3) is 0 Å². The topological polar surface area (TPSA) is 56.1 Å². The smallest absolute Gasteiger partial charge is 0.435 e. The highest BCUT2D eigenvalue weighted by Gasteiger charge is 2.39. The molecule has 0 aliphatic carbocycles. The van der Waals surface area contributed by atoms with Gasteiger partial charge in [0, 0.05) is 18.9 Å². The van der Waals surface area contributed by atoms with Crippen molar-refractivity contribution < 1.29 is 22.7 Å². The minimum atomic E-state index is -4.72. The van der Waals surface area contributed by atoms with Gasteiger partial charge >= 0.3 is 6.18 Å².